The van der Waals surface area contributed by atoms with Crippen molar-refractivity contribution in [2.24, 2.45) is 5.73 Å². The van der Waals surface area contributed by atoms with Crippen LogP contribution in [0.4, 0.5) is 4.39 Å². The van der Waals surface area contributed by atoms with Gasteiger partial charge in [0.1, 0.15) is 5.82 Å². The van der Waals surface area contributed by atoms with Crippen molar-refractivity contribution in [1.29, 1.82) is 0 Å². The SMILES string of the molecule is CCC1COC(C)CN1C(CN)c1ccc(Br)cc1F. The highest BCUT2D eigenvalue weighted by molar-refractivity contribution is 9.10. The van der Waals surface area contributed by atoms with Crippen LogP contribution in [0.1, 0.15) is 31.9 Å². The molecule has 1 saturated heterocycles. The Bertz CT molecular complexity index is 457. The summed E-state index contributed by atoms with van der Waals surface area (Å²) in [6, 6.07) is 5.39. The molecule has 2 N–H and O–H groups in total. The van der Waals surface area contributed by atoms with Gasteiger partial charge in [0.2, 0.25) is 0 Å². The van der Waals surface area contributed by atoms with Gasteiger partial charge in [-0.1, -0.05) is 28.9 Å². The molecule has 1 fully saturated rings. The predicted octanol–water partition coefficient (Wildman–Crippen LogP) is 3.09. The Morgan fingerprint density at radius 2 is 2.30 bits per heavy atom. The van der Waals surface area contributed by atoms with Crippen LogP contribution in [0.2, 0.25) is 0 Å². The third-order valence-electron chi connectivity index (χ3n) is 3.93. The van der Waals surface area contributed by atoms with Gasteiger partial charge in [-0.15, -0.1) is 0 Å². The Labute approximate surface area is 128 Å². The van der Waals surface area contributed by atoms with Crippen molar-refractivity contribution in [2.75, 3.05) is 19.7 Å². The van der Waals surface area contributed by atoms with Crippen molar-refractivity contribution in [3.8, 4) is 0 Å². The highest BCUT2D eigenvalue weighted by Gasteiger charge is 2.32. The van der Waals surface area contributed by atoms with Crippen LogP contribution >= 0.6 is 15.9 Å². The van der Waals surface area contributed by atoms with Crippen LogP contribution in [0.15, 0.2) is 22.7 Å². The zero-order chi connectivity index (χ0) is 14.7. The molecule has 5 heteroatoms. The maximum absolute atomic E-state index is 14.2. The minimum Gasteiger partial charge on any atom is -0.376 e. The fourth-order valence-electron chi connectivity index (χ4n) is 2.82. The van der Waals surface area contributed by atoms with E-state index in [2.05, 4.69) is 27.8 Å². The molecule has 1 heterocycles. The molecular weight excluding hydrogens is 323 g/mol. The van der Waals surface area contributed by atoms with Gasteiger partial charge in [0, 0.05) is 29.2 Å². The molecule has 0 saturated carbocycles. The molecule has 2 rings (SSSR count). The number of halogens is 2. The summed E-state index contributed by atoms with van der Waals surface area (Å²) in [5, 5.41) is 0. The molecule has 3 nitrogen and oxygen atoms in total. The van der Waals surface area contributed by atoms with E-state index < -0.39 is 0 Å². The van der Waals surface area contributed by atoms with Crippen molar-refractivity contribution in [3.05, 3.63) is 34.1 Å². The van der Waals surface area contributed by atoms with Gasteiger partial charge < -0.3 is 10.5 Å². The zero-order valence-corrected chi connectivity index (χ0v) is 13.6. The molecular formula is C15H22BrFN2O. The largest absolute Gasteiger partial charge is 0.376 e. The third-order valence-corrected chi connectivity index (χ3v) is 4.42. The van der Waals surface area contributed by atoms with E-state index in [1.807, 2.05) is 19.1 Å². The molecule has 0 aromatic heterocycles. The fourth-order valence-corrected chi connectivity index (χ4v) is 3.15. The zero-order valence-electron chi connectivity index (χ0n) is 12.0. The first kappa shape index (κ1) is 15.9. The van der Waals surface area contributed by atoms with Gasteiger partial charge in [-0.3, -0.25) is 4.90 Å². The molecule has 112 valence electrons. The van der Waals surface area contributed by atoms with E-state index >= 15 is 0 Å². The molecule has 0 aliphatic carbocycles. The molecule has 1 aliphatic heterocycles. The average Bonchev–Trinajstić information content (AvgIpc) is 2.42. The van der Waals surface area contributed by atoms with Gasteiger partial charge in [0.15, 0.2) is 0 Å². The number of rotatable bonds is 4. The van der Waals surface area contributed by atoms with Crippen LogP contribution in [0.5, 0.6) is 0 Å². The lowest BCUT2D eigenvalue weighted by molar-refractivity contribution is -0.0723. The van der Waals surface area contributed by atoms with E-state index in [0.717, 1.165) is 17.4 Å². The van der Waals surface area contributed by atoms with Crippen LogP contribution in [-0.4, -0.2) is 36.7 Å². The minimum absolute atomic E-state index is 0.0978. The van der Waals surface area contributed by atoms with Gasteiger partial charge in [-0.2, -0.15) is 0 Å². The highest BCUT2D eigenvalue weighted by atomic mass is 79.9. The van der Waals surface area contributed by atoms with Crippen LogP contribution in [0.25, 0.3) is 0 Å². The molecule has 20 heavy (non-hydrogen) atoms. The minimum atomic E-state index is -0.205. The van der Waals surface area contributed by atoms with Crippen LogP contribution in [0, 0.1) is 5.82 Å². The van der Waals surface area contributed by atoms with Crippen molar-refractivity contribution in [1.82, 2.24) is 4.90 Å². The van der Waals surface area contributed by atoms with E-state index in [4.69, 9.17) is 10.5 Å². The number of hydrogen-bond donors (Lipinski definition) is 1. The summed E-state index contributed by atoms with van der Waals surface area (Å²) in [4.78, 5) is 2.29. The summed E-state index contributed by atoms with van der Waals surface area (Å²) in [7, 11) is 0. The number of morpholine rings is 1. The summed E-state index contributed by atoms with van der Waals surface area (Å²) in [6.45, 7) is 6.05. The lowest BCUT2D eigenvalue weighted by Crippen LogP contribution is -2.51. The molecule has 0 radical (unpaired) electrons. The molecule has 0 amide bonds. The number of nitrogens with two attached hydrogens (primary N) is 1. The van der Waals surface area contributed by atoms with Crippen molar-refractivity contribution in [2.45, 2.75) is 38.5 Å². The lowest BCUT2D eigenvalue weighted by atomic mass is 10.00. The molecule has 3 atom stereocenters. The predicted molar refractivity (Wildman–Crippen MR) is 82.1 cm³/mol. The topological polar surface area (TPSA) is 38.5 Å². The van der Waals surface area contributed by atoms with Crippen LogP contribution in [-0.2, 0) is 4.74 Å². The first-order valence-electron chi connectivity index (χ1n) is 7.09. The molecule has 3 unspecified atom stereocenters. The lowest BCUT2D eigenvalue weighted by Gasteiger charge is -2.43. The second-order valence-electron chi connectivity index (χ2n) is 5.32. The Morgan fingerprint density at radius 1 is 1.55 bits per heavy atom. The van der Waals surface area contributed by atoms with Crippen molar-refractivity contribution in [3.63, 3.8) is 0 Å². The maximum atomic E-state index is 14.2. The van der Waals surface area contributed by atoms with Gasteiger partial charge in [-0.25, -0.2) is 4.39 Å². The molecule has 1 aromatic rings. The summed E-state index contributed by atoms with van der Waals surface area (Å²) in [6.07, 6.45) is 1.13. The fraction of sp³-hybridized carbons (Fsp3) is 0.600. The van der Waals surface area contributed by atoms with Crippen LogP contribution < -0.4 is 5.73 Å². The van der Waals surface area contributed by atoms with Gasteiger partial charge in [-0.05, 0) is 25.5 Å². The van der Waals surface area contributed by atoms with Crippen molar-refractivity contribution < 1.29 is 9.13 Å². The van der Waals surface area contributed by atoms with E-state index in [-0.39, 0.29) is 18.0 Å². The van der Waals surface area contributed by atoms with Gasteiger partial charge >= 0.3 is 0 Å². The Kier molecular flexibility index (Phi) is 5.55. The first-order chi connectivity index (χ1) is 9.56. The molecule has 1 aromatic carbocycles. The standard InChI is InChI=1S/C15H22BrFN2O/c1-3-12-9-20-10(2)8-19(12)15(7-18)13-5-4-11(16)6-14(13)17/h4-6,10,12,15H,3,7-9,18H2,1-2H3. The summed E-state index contributed by atoms with van der Waals surface area (Å²) in [5.74, 6) is -0.205. The number of hydrogen-bond acceptors (Lipinski definition) is 3. The van der Waals surface area contributed by atoms with E-state index in [9.17, 15) is 4.39 Å². The van der Waals surface area contributed by atoms with Crippen molar-refractivity contribution >= 4 is 15.9 Å². The maximum Gasteiger partial charge on any atom is 0.129 e. The summed E-state index contributed by atoms with van der Waals surface area (Å²) < 4.78 is 20.7. The monoisotopic (exact) mass is 344 g/mol. The normalized spacial score (nSPS) is 25.6. The van der Waals surface area contributed by atoms with Gasteiger partial charge in [0.25, 0.3) is 0 Å². The highest BCUT2D eigenvalue weighted by Crippen LogP contribution is 2.29. The molecule has 0 bridgehead atoms. The number of nitrogens with zero attached hydrogens (tertiary/aromatic N) is 1. The van der Waals surface area contributed by atoms with E-state index in [1.54, 1.807) is 0 Å². The molecule has 1 aliphatic rings. The van der Waals surface area contributed by atoms with E-state index in [0.29, 0.717) is 24.8 Å². The smallest absolute Gasteiger partial charge is 0.129 e. The number of benzene rings is 1. The second-order valence-corrected chi connectivity index (χ2v) is 6.24. The Hall–Kier alpha value is -0.490. The Morgan fingerprint density at radius 3 is 2.90 bits per heavy atom. The summed E-state index contributed by atoms with van der Waals surface area (Å²) in [5.41, 5.74) is 6.61. The van der Waals surface area contributed by atoms with E-state index in [1.165, 1.54) is 6.07 Å². The third kappa shape index (κ3) is 3.39. The number of ether oxygens (including phenoxy) is 1. The molecule has 0 spiro atoms. The average molecular weight is 345 g/mol. The van der Waals surface area contributed by atoms with Gasteiger partial charge in [0.05, 0.1) is 18.8 Å². The summed E-state index contributed by atoms with van der Waals surface area (Å²) >= 11 is 3.29. The second kappa shape index (κ2) is 6.98. The quantitative estimate of drug-likeness (QED) is 0.912. The van der Waals surface area contributed by atoms with Crippen LogP contribution in [0.3, 0.4) is 0 Å². The first-order valence-corrected chi connectivity index (χ1v) is 7.88. The Balaban J connectivity index is 2.29.